The van der Waals surface area contributed by atoms with E-state index in [1.165, 1.54) is 31.2 Å². The first-order valence-electron chi connectivity index (χ1n) is 6.54. The second-order valence-corrected chi connectivity index (χ2v) is 5.42. The molecule has 1 aromatic rings. The molecule has 16 heavy (non-hydrogen) atoms. The van der Waals surface area contributed by atoms with E-state index in [9.17, 15) is 0 Å². The molecule has 0 aliphatic heterocycles. The minimum Gasteiger partial charge on any atom is -0.327 e. The molecule has 1 nitrogen and oxygen atoms in total. The van der Waals surface area contributed by atoms with Gasteiger partial charge in [-0.15, -0.1) is 0 Å². The molecule has 0 spiro atoms. The summed E-state index contributed by atoms with van der Waals surface area (Å²) in [4.78, 5) is 0. The van der Waals surface area contributed by atoms with Gasteiger partial charge in [0.15, 0.2) is 0 Å². The van der Waals surface area contributed by atoms with Crippen molar-refractivity contribution in [3.05, 3.63) is 22.4 Å². The van der Waals surface area contributed by atoms with Gasteiger partial charge in [-0.05, 0) is 47.6 Å². The van der Waals surface area contributed by atoms with Crippen molar-refractivity contribution >= 4 is 11.3 Å². The van der Waals surface area contributed by atoms with Crippen LogP contribution in [0.3, 0.4) is 0 Å². The van der Waals surface area contributed by atoms with Crippen LogP contribution < -0.4 is 5.73 Å². The van der Waals surface area contributed by atoms with E-state index in [-0.39, 0.29) is 0 Å². The maximum atomic E-state index is 6.29. The SMILES string of the molecule is CCCCC(CC)C(N)CCc1ccsc1. The molecule has 1 aromatic heterocycles. The fourth-order valence-corrected chi connectivity index (χ4v) is 2.89. The van der Waals surface area contributed by atoms with Gasteiger partial charge in [-0.2, -0.15) is 11.3 Å². The van der Waals surface area contributed by atoms with Crippen LogP contribution in [0.4, 0.5) is 0 Å². The highest BCUT2D eigenvalue weighted by atomic mass is 32.1. The Morgan fingerprint density at radius 1 is 1.31 bits per heavy atom. The van der Waals surface area contributed by atoms with E-state index in [0.29, 0.717) is 6.04 Å². The summed E-state index contributed by atoms with van der Waals surface area (Å²) in [6.07, 6.45) is 7.42. The molecular weight excluding hydrogens is 214 g/mol. The number of unbranched alkanes of at least 4 members (excludes halogenated alkanes) is 1. The number of rotatable bonds is 8. The van der Waals surface area contributed by atoms with Crippen LogP contribution in [-0.2, 0) is 6.42 Å². The predicted octanol–water partition coefficient (Wildman–Crippen LogP) is 4.22. The van der Waals surface area contributed by atoms with E-state index in [4.69, 9.17) is 5.73 Å². The Kier molecular flexibility index (Phi) is 6.74. The fourth-order valence-electron chi connectivity index (χ4n) is 2.19. The van der Waals surface area contributed by atoms with E-state index < -0.39 is 0 Å². The standard InChI is InChI=1S/C14H25NS/c1-3-5-6-13(4-2)14(15)8-7-12-9-10-16-11-12/h9-11,13-14H,3-8,15H2,1-2H3. The quantitative estimate of drug-likeness (QED) is 0.722. The third-order valence-corrected chi connectivity index (χ3v) is 4.14. The lowest BCUT2D eigenvalue weighted by Gasteiger charge is -2.22. The Bertz CT molecular complexity index is 256. The molecule has 0 aliphatic carbocycles. The van der Waals surface area contributed by atoms with Crippen LogP contribution in [0.25, 0.3) is 0 Å². The Labute approximate surface area is 104 Å². The highest BCUT2D eigenvalue weighted by Crippen LogP contribution is 2.19. The van der Waals surface area contributed by atoms with Crippen molar-refractivity contribution in [1.82, 2.24) is 0 Å². The summed E-state index contributed by atoms with van der Waals surface area (Å²) in [5, 5.41) is 4.38. The van der Waals surface area contributed by atoms with Crippen LogP contribution in [0.2, 0.25) is 0 Å². The third kappa shape index (κ3) is 4.67. The van der Waals surface area contributed by atoms with E-state index in [1.807, 2.05) is 0 Å². The molecule has 0 aromatic carbocycles. The van der Waals surface area contributed by atoms with E-state index >= 15 is 0 Å². The first-order valence-corrected chi connectivity index (χ1v) is 7.48. The average molecular weight is 239 g/mol. The largest absolute Gasteiger partial charge is 0.327 e. The number of nitrogens with two attached hydrogens (primary N) is 1. The van der Waals surface area contributed by atoms with Crippen molar-refractivity contribution in [3.63, 3.8) is 0 Å². The molecule has 2 unspecified atom stereocenters. The molecule has 0 aliphatic rings. The molecule has 1 rings (SSSR count). The summed E-state index contributed by atoms with van der Waals surface area (Å²) >= 11 is 1.78. The number of hydrogen-bond donors (Lipinski definition) is 1. The Morgan fingerprint density at radius 2 is 2.12 bits per heavy atom. The van der Waals surface area contributed by atoms with Gasteiger partial charge >= 0.3 is 0 Å². The molecule has 2 N–H and O–H groups in total. The van der Waals surface area contributed by atoms with E-state index in [0.717, 1.165) is 18.8 Å². The Balaban J connectivity index is 2.28. The molecule has 0 amide bonds. The first-order chi connectivity index (χ1) is 7.77. The Hall–Kier alpha value is -0.340. The Morgan fingerprint density at radius 3 is 2.69 bits per heavy atom. The fraction of sp³-hybridized carbons (Fsp3) is 0.714. The van der Waals surface area contributed by atoms with E-state index in [2.05, 4.69) is 30.7 Å². The molecule has 92 valence electrons. The maximum absolute atomic E-state index is 6.29. The summed E-state index contributed by atoms with van der Waals surface area (Å²) < 4.78 is 0. The van der Waals surface area contributed by atoms with Crippen LogP contribution in [0.1, 0.15) is 51.5 Å². The summed E-state index contributed by atoms with van der Waals surface area (Å²) in [5.41, 5.74) is 7.74. The lowest BCUT2D eigenvalue weighted by Crippen LogP contribution is -2.30. The van der Waals surface area contributed by atoms with Crippen molar-refractivity contribution in [1.29, 1.82) is 0 Å². The molecule has 0 fully saturated rings. The maximum Gasteiger partial charge on any atom is 0.00702 e. The summed E-state index contributed by atoms with van der Waals surface area (Å²) in [7, 11) is 0. The summed E-state index contributed by atoms with van der Waals surface area (Å²) in [6.45, 7) is 4.52. The monoisotopic (exact) mass is 239 g/mol. The topological polar surface area (TPSA) is 26.0 Å². The van der Waals surface area contributed by atoms with Crippen molar-refractivity contribution in [2.45, 2.75) is 58.4 Å². The van der Waals surface area contributed by atoms with Crippen LogP contribution in [0.5, 0.6) is 0 Å². The number of aryl methyl sites for hydroxylation is 1. The van der Waals surface area contributed by atoms with Crippen LogP contribution in [0, 0.1) is 5.92 Å². The lowest BCUT2D eigenvalue weighted by molar-refractivity contribution is 0.356. The summed E-state index contributed by atoms with van der Waals surface area (Å²) in [6, 6.07) is 2.60. The van der Waals surface area contributed by atoms with E-state index in [1.54, 1.807) is 11.3 Å². The molecule has 0 bridgehead atoms. The minimum absolute atomic E-state index is 0.386. The molecule has 2 heteroatoms. The van der Waals surface area contributed by atoms with Gasteiger partial charge in [0.25, 0.3) is 0 Å². The average Bonchev–Trinajstić information content (AvgIpc) is 2.80. The van der Waals surface area contributed by atoms with Crippen LogP contribution in [0.15, 0.2) is 16.8 Å². The second kappa shape index (κ2) is 7.86. The zero-order valence-corrected chi connectivity index (χ0v) is 11.4. The highest BCUT2D eigenvalue weighted by Gasteiger charge is 2.15. The van der Waals surface area contributed by atoms with Gasteiger partial charge < -0.3 is 5.73 Å². The number of thiophene rings is 1. The molecule has 0 radical (unpaired) electrons. The van der Waals surface area contributed by atoms with Gasteiger partial charge in [-0.25, -0.2) is 0 Å². The van der Waals surface area contributed by atoms with Crippen molar-refractivity contribution in [2.24, 2.45) is 11.7 Å². The molecule has 2 atom stereocenters. The first kappa shape index (κ1) is 13.7. The van der Waals surface area contributed by atoms with Crippen molar-refractivity contribution in [3.8, 4) is 0 Å². The van der Waals surface area contributed by atoms with Crippen LogP contribution >= 0.6 is 11.3 Å². The normalized spacial score (nSPS) is 14.9. The molecule has 0 saturated heterocycles. The smallest absolute Gasteiger partial charge is 0.00702 e. The predicted molar refractivity (Wildman–Crippen MR) is 73.9 cm³/mol. The van der Waals surface area contributed by atoms with Gasteiger partial charge in [0.1, 0.15) is 0 Å². The van der Waals surface area contributed by atoms with Gasteiger partial charge in [0, 0.05) is 6.04 Å². The summed E-state index contributed by atoms with van der Waals surface area (Å²) in [5.74, 6) is 0.721. The van der Waals surface area contributed by atoms with Gasteiger partial charge in [-0.1, -0.05) is 33.1 Å². The number of hydrogen-bond acceptors (Lipinski definition) is 2. The highest BCUT2D eigenvalue weighted by molar-refractivity contribution is 7.07. The zero-order valence-electron chi connectivity index (χ0n) is 10.6. The molecule has 1 heterocycles. The molecular formula is C14H25NS. The lowest BCUT2D eigenvalue weighted by atomic mass is 9.89. The zero-order chi connectivity index (χ0) is 11.8. The minimum atomic E-state index is 0.386. The van der Waals surface area contributed by atoms with Gasteiger partial charge in [0.05, 0.1) is 0 Å². The van der Waals surface area contributed by atoms with Crippen molar-refractivity contribution < 1.29 is 0 Å². The van der Waals surface area contributed by atoms with Gasteiger partial charge in [0.2, 0.25) is 0 Å². The van der Waals surface area contributed by atoms with Gasteiger partial charge in [-0.3, -0.25) is 0 Å². The van der Waals surface area contributed by atoms with Crippen molar-refractivity contribution in [2.75, 3.05) is 0 Å². The molecule has 0 saturated carbocycles. The van der Waals surface area contributed by atoms with Crippen LogP contribution in [-0.4, -0.2) is 6.04 Å². The third-order valence-electron chi connectivity index (χ3n) is 3.40. The second-order valence-electron chi connectivity index (χ2n) is 4.64.